The predicted molar refractivity (Wildman–Crippen MR) is 124 cm³/mol. The molecule has 2 aromatic rings. The van der Waals surface area contributed by atoms with E-state index in [2.05, 4.69) is 0 Å². The quantitative estimate of drug-likeness (QED) is 0.370. The number of ether oxygens (including phenoxy) is 2. The van der Waals surface area contributed by atoms with Gasteiger partial charge in [0.25, 0.3) is 11.7 Å². The lowest BCUT2D eigenvalue weighted by Gasteiger charge is -2.27. The van der Waals surface area contributed by atoms with Gasteiger partial charge in [0, 0.05) is 23.6 Å². The molecule has 3 heterocycles. The summed E-state index contributed by atoms with van der Waals surface area (Å²) >= 11 is 1.49. The van der Waals surface area contributed by atoms with Crippen molar-refractivity contribution in [3.8, 4) is 5.75 Å². The monoisotopic (exact) mass is 455 g/mol. The molecule has 1 aromatic heterocycles. The number of rotatable bonds is 7. The SMILES string of the molecule is CCCOc1ccc(/C(O)=C2/C(=O)C(=O)N(CC3CCCO3)C2c2sccc2C)cc1C. The molecule has 1 N–H and O–H groups in total. The van der Waals surface area contributed by atoms with E-state index in [1.165, 1.54) is 11.3 Å². The summed E-state index contributed by atoms with van der Waals surface area (Å²) in [7, 11) is 0. The van der Waals surface area contributed by atoms with Crippen LogP contribution in [0.4, 0.5) is 0 Å². The van der Waals surface area contributed by atoms with Crippen LogP contribution in [-0.4, -0.2) is 47.6 Å². The minimum atomic E-state index is -0.651. The van der Waals surface area contributed by atoms with E-state index in [0.29, 0.717) is 25.3 Å². The van der Waals surface area contributed by atoms with Crippen LogP contribution in [0.2, 0.25) is 0 Å². The molecule has 1 amide bonds. The average Bonchev–Trinajstić information content (AvgIpc) is 3.50. The molecule has 0 spiro atoms. The molecule has 6 nitrogen and oxygen atoms in total. The van der Waals surface area contributed by atoms with E-state index in [1.807, 2.05) is 32.2 Å². The fraction of sp³-hybridized carbons (Fsp3) is 0.440. The lowest BCUT2D eigenvalue weighted by atomic mass is 9.97. The molecule has 7 heteroatoms. The second-order valence-electron chi connectivity index (χ2n) is 8.38. The Morgan fingerprint density at radius 2 is 2.06 bits per heavy atom. The smallest absolute Gasteiger partial charge is 0.295 e. The Bertz CT molecular complexity index is 1050. The third-order valence-corrected chi connectivity index (χ3v) is 7.10. The molecule has 32 heavy (non-hydrogen) atoms. The van der Waals surface area contributed by atoms with Gasteiger partial charge in [-0.25, -0.2) is 0 Å². The number of likely N-dealkylation sites (tertiary alicyclic amines) is 1. The standard InChI is InChI=1S/C25H29NO5S/c1-4-10-31-19-8-7-17(13-16(19)3)22(27)20-21(24-15(2)9-12-32-24)26(25(29)23(20)28)14-18-6-5-11-30-18/h7-9,12-13,18,21,27H,4-6,10-11,14H2,1-3H3/b22-20-. The molecule has 2 aliphatic rings. The maximum Gasteiger partial charge on any atom is 0.295 e. The van der Waals surface area contributed by atoms with Crippen LogP contribution < -0.4 is 4.74 Å². The van der Waals surface area contributed by atoms with Gasteiger partial charge in [-0.15, -0.1) is 11.3 Å². The fourth-order valence-corrected chi connectivity index (χ4v) is 5.39. The van der Waals surface area contributed by atoms with E-state index in [1.54, 1.807) is 23.1 Å². The van der Waals surface area contributed by atoms with Crippen LogP contribution in [0.3, 0.4) is 0 Å². The van der Waals surface area contributed by atoms with Gasteiger partial charge >= 0.3 is 0 Å². The summed E-state index contributed by atoms with van der Waals surface area (Å²) < 4.78 is 11.5. The fourth-order valence-electron chi connectivity index (χ4n) is 4.34. The summed E-state index contributed by atoms with van der Waals surface area (Å²) in [6.07, 6.45) is 2.61. The molecule has 170 valence electrons. The third kappa shape index (κ3) is 4.19. The zero-order valence-corrected chi connectivity index (χ0v) is 19.5. The van der Waals surface area contributed by atoms with Crippen LogP contribution in [0.15, 0.2) is 35.2 Å². The number of hydrogen-bond donors (Lipinski definition) is 1. The van der Waals surface area contributed by atoms with Crippen LogP contribution in [0.25, 0.3) is 5.76 Å². The molecule has 0 saturated carbocycles. The van der Waals surface area contributed by atoms with Crippen LogP contribution in [0.5, 0.6) is 5.75 Å². The van der Waals surface area contributed by atoms with Crippen molar-refractivity contribution in [3.63, 3.8) is 0 Å². The Morgan fingerprint density at radius 1 is 1.25 bits per heavy atom. The first-order valence-electron chi connectivity index (χ1n) is 11.1. The van der Waals surface area contributed by atoms with E-state index in [0.717, 1.165) is 41.0 Å². The molecular weight excluding hydrogens is 426 g/mol. The lowest BCUT2D eigenvalue weighted by molar-refractivity contribution is -0.140. The molecule has 0 radical (unpaired) electrons. The molecule has 2 saturated heterocycles. The topological polar surface area (TPSA) is 76.1 Å². The second kappa shape index (κ2) is 9.46. The Labute approximate surface area is 192 Å². The van der Waals surface area contributed by atoms with Crippen molar-refractivity contribution < 1.29 is 24.2 Å². The third-order valence-electron chi connectivity index (χ3n) is 6.02. The van der Waals surface area contributed by atoms with Crippen molar-refractivity contribution in [1.82, 2.24) is 4.90 Å². The number of nitrogens with zero attached hydrogens (tertiary/aromatic N) is 1. The number of aliphatic hydroxyl groups excluding tert-OH is 1. The summed E-state index contributed by atoms with van der Waals surface area (Å²) in [5.41, 5.74) is 2.49. The molecule has 1 aromatic carbocycles. The van der Waals surface area contributed by atoms with Gasteiger partial charge in [0.15, 0.2) is 0 Å². The van der Waals surface area contributed by atoms with Gasteiger partial charge < -0.3 is 19.5 Å². The summed E-state index contributed by atoms with van der Waals surface area (Å²) in [5.74, 6) is -0.643. The van der Waals surface area contributed by atoms with Gasteiger partial charge in [-0.1, -0.05) is 6.92 Å². The van der Waals surface area contributed by atoms with Gasteiger partial charge in [-0.05, 0) is 73.9 Å². The van der Waals surface area contributed by atoms with Gasteiger partial charge in [0.2, 0.25) is 0 Å². The first-order chi connectivity index (χ1) is 15.4. The van der Waals surface area contributed by atoms with E-state index < -0.39 is 17.7 Å². The largest absolute Gasteiger partial charge is 0.507 e. The first kappa shape index (κ1) is 22.6. The van der Waals surface area contributed by atoms with Gasteiger partial charge in [-0.2, -0.15) is 0 Å². The van der Waals surface area contributed by atoms with E-state index in [-0.39, 0.29) is 17.4 Å². The molecule has 0 bridgehead atoms. The van der Waals surface area contributed by atoms with Crippen molar-refractivity contribution >= 4 is 28.8 Å². The normalized spacial score (nSPS) is 22.7. The summed E-state index contributed by atoms with van der Waals surface area (Å²) in [5, 5.41) is 13.2. The minimum Gasteiger partial charge on any atom is -0.507 e. The van der Waals surface area contributed by atoms with Gasteiger partial charge in [-0.3, -0.25) is 9.59 Å². The summed E-state index contributed by atoms with van der Waals surface area (Å²) in [6, 6.07) is 6.69. The van der Waals surface area contributed by atoms with Crippen molar-refractivity contribution in [2.24, 2.45) is 0 Å². The van der Waals surface area contributed by atoms with Crippen LogP contribution in [-0.2, 0) is 14.3 Å². The number of thiophene rings is 1. The maximum absolute atomic E-state index is 13.1. The molecule has 2 unspecified atom stereocenters. The Hall–Kier alpha value is -2.64. The van der Waals surface area contributed by atoms with Crippen molar-refractivity contribution in [3.05, 3.63) is 56.8 Å². The highest BCUT2D eigenvalue weighted by molar-refractivity contribution is 7.10. The average molecular weight is 456 g/mol. The number of hydrogen-bond acceptors (Lipinski definition) is 6. The summed E-state index contributed by atoms with van der Waals surface area (Å²) in [6.45, 7) is 7.52. The number of ketones is 1. The summed E-state index contributed by atoms with van der Waals surface area (Å²) in [4.78, 5) is 28.7. The van der Waals surface area contributed by atoms with Crippen LogP contribution in [0.1, 0.15) is 53.8 Å². The molecule has 4 rings (SSSR count). The number of amides is 1. The number of Topliss-reactive ketones (excluding diaryl/α,β-unsaturated/α-hetero) is 1. The molecule has 2 aliphatic heterocycles. The minimum absolute atomic E-state index is 0.0896. The van der Waals surface area contributed by atoms with Crippen molar-refractivity contribution in [2.45, 2.75) is 52.2 Å². The zero-order valence-electron chi connectivity index (χ0n) is 18.7. The lowest BCUT2D eigenvalue weighted by Crippen LogP contribution is -2.36. The number of benzene rings is 1. The number of aryl methyl sites for hydroxylation is 2. The molecular formula is C25H29NO5S. The maximum atomic E-state index is 13.1. The Morgan fingerprint density at radius 3 is 2.69 bits per heavy atom. The van der Waals surface area contributed by atoms with Crippen LogP contribution >= 0.6 is 11.3 Å². The van der Waals surface area contributed by atoms with Crippen molar-refractivity contribution in [2.75, 3.05) is 19.8 Å². The highest BCUT2D eigenvalue weighted by atomic mass is 32.1. The number of carbonyl (C=O) groups excluding carboxylic acids is 2. The van der Waals surface area contributed by atoms with Gasteiger partial charge in [0.1, 0.15) is 11.5 Å². The predicted octanol–water partition coefficient (Wildman–Crippen LogP) is 4.75. The van der Waals surface area contributed by atoms with E-state index in [9.17, 15) is 14.7 Å². The highest BCUT2D eigenvalue weighted by Crippen LogP contribution is 2.43. The van der Waals surface area contributed by atoms with E-state index >= 15 is 0 Å². The molecule has 0 aliphatic carbocycles. The highest BCUT2D eigenvalue weighted by Gasteiger charge is 2.48. The molecule has 2 fully saturated rings. The first-order valence-corrected chi connectivity index (χ1v) is 12.0. The zero-order chi connectivity index (χ0) is 22.8. The number of carbonyl (C=O) groups is 2. The van der Waals surface area contributed by atoms with E-state index in [4.69, 9.17) is 9.47 Å². The second-order valence-corrected chi connectivity index (χ2v) is 9.33. The number of aliphatic hydroxyl groups is 1. The molecule has 2 atom stereocenters. The van der Waals surface area contributed by atoms with Crippen LogP contribution in [0, 0.1) is 13.8 Å². The Kier molecular flexibility index (Phi) is 6.67. The van der Waals surface area contributed by atoms with Gasteiger partial charge in [0.05, 0.1) is 24.3 Å². The van der Waals surface area contributed by atoms with Crippen molar-refractivity contribution in [1.29, 1.82) is 0 Å². The Balaban J connectivity index is 1.77.